The summed E-state index contributed by atoms with van der Waals surface area (Å²) in [5.74, 6) is 3.77. The standard InChI is InChI=1S/C15H17NO2/c1-3-12-10-15(17)16(11-12)9-8-13-4-6-14(18-2)7-5-13/h1,4-7,12H,8-11H2,2H3. The van der Waals surface area contributed by atoms with Gasteiger partial charge in [-0.15, -0.1) is 12.3 Å². The van der Waals surface area contributed by atoms with Gasteiger partial charge in [0.15, 0.2) is 0 Å². The molecule has 1 atom stereocenters. The second-order valence-electron chi connectivity index (χ2n) is 4.51. The summed E-state index contributed by atoms with van der Waals surface area (Å²) < 4.78 is 5.11. The molecule has 18 heavy (non-hydrogen) atoms. The highest BCUT2D eigenvalue weighted by atomic mass is 16.5. The summed E-state index contributed by atoms with van der Waals surface area (Å²) in [4.78, 5) is 13.5. The lowest BCUT2D eigenvalue weighted by atomic mass is 10.1. The molecule has 1 aliphatic rings. The topological polar surface area (TPSA) is 29.5 Å². The van der Waals surface area contributed by atoms with Crippen LogP contribution in [-0.4, -0.2) is 31.0 Å². The molecule has 1 saturated heterocycles. The first-order valence-corrected chi connectivity index (χ1v) is 6.09. The Balaban J connectivity index is 1.88. The van der Waals surface area contributed by atoms with Crippen LogP contribution in [0.1, 0.15) is 12.0 Å². The molecule has 1 fully saturated rings. The van der Waals surface area contributed by atoms with E-state index in [4.69, 9.17) is 11.2 Å². The molecule has 3 nitrogen and oxygen atoms in total. The first-order chi connectivity index (χ1) is 8.72. The summed E-state index contributed by atoms with van der Waals surface area (Å²) in [6, 6.07) is 7.92. The number of likely N-dealkylation sites (tertiary alicyclic amines) is 1. The van der Waals surface area contributed by atoms with E-state index in [-0.39, 0.29) is 11.8 Å². The number of nitrogens with zero attached hydrogens (tertiary/aromatic N) is 1. The molecule has 0 saturated carbocycles. The predicted octanol–water partition coefficient (Wildman–Crippen LogP) is 1.72. The van der Waals surface area contributed by atoms with Crippen molar-refractivity contribution >= 4 is 5.91 Å². The van der Waals surface area contributed by atoms with Gasteiger partial charge < -0.3 is 9.64 Å². The lowest BCUT2D eigenvalue weighted by Gasteiger charge is -2.15. The number of carbonyl (C=O) groups is 1. The van der Waals surface area contributed by atoms with Crippen LogP contribution in [0.4, 0.5) is 0 Å². The number of benzene rings is 1. The Bertz CT molecular complexity index is 458. The van der Waals surface area contributed by atoms with Gasteiger partial charge in [0.05, 0.1) is 7.11 Å². The molecular formula is C15H17NO2. The number of ether oxygens (including phenoxy) is 1. The number of amides is 1. The third kappa shape index (κ3) is 2.84. The molecule has 1 aliphatic heterocycles. The van der Waals surface area contributed by atoms with Crippen molar-refractivity contribution in [2.75, 3.05) is 20.2 Å². The minimum Gasteiger partial charge on any atom is -0.497 e. The van der Waals surface area contributed by atoms with Gasteiger partial charge in [-0.25, -0.2) is 0 Å². The SMILES string of the molecule is C#CC1CC(=O)N(CCc2ccc(OC)cc2)C1. The number of rotatable bonds is 4. The monoisotopic (exact) mass is 243 g/mol. The third-order valence-electron chi connectivity index (χ3n) is 3.28. The summed E-state index contributed by atoms with van der Waals surface area (Å²) in [5, 5.41) is 0. The zero-order chi connectivity index (χ0) is 13.0. The molecular weight excluding hydrogens is 226 g/mol. The van der Waals surface area contributed by atoms with Gasteiger partial charge in [-0.2, -0.15) is 0 Å². The molecule has 3 heteroatoms. The second-order valence-corrected chi connectivity index (χ2v) is 4.51. The first kappa shape index (κ1) is 12.5. The maximum atomic E-state index is 11.7. The average molecular weight is 243 g/mol. The molecule has 94 valence electrons. The summed E-state index contributed by atoms with van der Waals surface area (Å²) in [6.45, 7) is 1.44. The fraction of sp³-hybridized carbons (Fsp3) is 0.400. The normalized spacial score (nSPS) is 18.8. The summed E-state index contributed by atoms with van der Waals surface area (Å²) >= 11 is 0. The van der Waals surface area contributed by atoms with Crippen LogP contribution in [0, 0.1) is 18.3 Å². The zero-order valence-electron chi connectivity index (χ0n) is 10.6. The van der Waals surface area contributed by atoms with Gasteiger partial charge in [-0.3, -0.25) is 4.79 Å². The number of hydrogen-bond acceptors (Lipinski definition) is 2. The number of carbonyl (C=O) groups excluding carboxylic acids is 1. The smallest absolute Gasteiger partial charge is 0.223 e. The van der Waals surface area contributed by atoms with Crippen molar-refractivity contribution in [3.8, 4) is 18.1 Å². The number of hydrogen-bond donors (Lipinski definition) is 0. The molecule has 1 unspecified atom stereocenters. The highest BCUT2D eigenvalue weighted by Gasteiger charge is 2.27. The Hall–Kier alpha value is -1.95. The second kappa shape index (κ2) is 5.59. The van der Waals surface area contributed by atoms with Crippen LogP contribution >= 0.6 is 0 Å². The van der Waals surface area contributed by atoms with Gasteiger partial charge in [-0.1, -0.05) is 12.1 Å². The molecule has 2 rings (SSSR count). The maximum absolute atomic E-state index is 11.7. The van der Waals surface area contributed by atoms with Crippen molar-refractivity contribution in [2.24, 2.45) is 5.92 Å². The van der Waals surface area contributed by atoms with E-state index in [0.29, 0.717) is 13.0 Å². The molecule has 0 N–H and O–H groups in total. The van der Waals surface area contributed by atoms with Crippen LogP contribution in [0.2, 0.25) is 0 Å². The lowest BCUT2D eigenvalue weighted by Crippen LogP contribution is -2.27. The van der Waals surface area contributed by atoms with E-state index in [9.17, 15) is 4.79 Å². The Labute approximate surface area is 108 Å². The van der Waals surface area contributed by atoms with E-state index in [1.807, 2.05) is 29.2 Å². The zero-order valence-corrected chi connectivity index (χ0v) is 10.6. The van der Waals surface area contributed by atoms with Crippen molar-refractivity contribution in [3.63, 3.8) is 0 Å². The van der Waals surface area contributed by atoms with Crippen molar-refractivity contribution < 1.29 is 9.53 Å². The Morgan fingerprint density at radius 3 is 2.72 bits per heavy atom. The van der Waals surface area contributed by atoms with Gasteiger partial charge in [0.25, 0.3) is 0 Å². The van der Waals surface area contributed by atoms with Crippen LogP contribution in [0.25, 0.3) is 0 Å². The van der Waals surface area contributed by atoms with Gasteiger partial charge in [0, 0.05) is 25.4 Å². The Morgan fingerprint density at radius 2 is 2.17 bits per heavy atom. The van der Waals surface area contributed by atoms with Gasteiger partial charge in [0.2, 0.25) is 5.91 Å². The number of terminal acetylenes is 1. The van der Waals surface area contributed by atoms with Crippen molar-refractivity contribution in [2.45, 2.75) is 12.8 Å². The molecule has 0 aromatic heterocycles. The Morgan fingerprint density at radius 1 is 1.44 bits per heavy atom. The minimum atomic E-state index is 0.0911. The summed E-state index contributed by atoms with van der Waals surface area (Å²) in [5.41, 5.74) is 1.20. The minimum absolute atomic E-state index is 0.0911. The van der Waals surface area contributed by atoms with E-state index in [0.717, 1.165) is 18.7 Å². The molecule has 0 aliphatic carbocycles. The van der Waals surface area contributed by atoms with Crippen molar-refractivity contribution in [3.05, 3.63) is 29.8 Å². The molecule has 0 radical (unpaired) electrons. The molecule has 1 aromatic carbocycles. The van der Waals surface area contributed by atoms with E-state index in [2.05, 4.69) is 5.92 Å². The van der Waals surface area contributed by atoms with Crippen LogP contribution in [0.3, 0.4) is 0 Å². The van der Waals surface area contributed by atoms with Crippen LogP contribution < -0.4 is 4.74 Å². The Kier molecular flexibility index (Phi) is 3.88. The predicted molar refractivity (Wildman–Crippen MR) is 70.2 cm³/mol. The average Bonchev–Trinajstić information content (AvgIpc) is 2.77. The van der Waals surface area contributed by atoms with E-state index >= 15 is 0 Å². The van der Waals surface area contributed by atoms with Crippen LogP contribution in [0.5, 0.6) is 5.75 Å². The molecule has 0 spiro atoms. The summed E-state index contributed by atoms with van der Waals surface area (Å²) in [7, 11) is 1.65. The van der Waals surface area contributed by atoms with E-state index < -0.39 is 0 Å². The maximum Gasteiger partial charge on any atom is 0.223 e. The molecule has 1 heterocycles. The van der Waals surface area contributed by atoms with Gasteiger partial charge in [0.1, 0.15) is 5.75 Å². The van der Waals surface area contributed by atoms with E-state index in [1.165, 1.54) is 5.56 Å². The van der Waals surface area contributed by atoms with E-state index in [1.54, 1.807) is 7.11 Å². The molecule has 0 bridgehead atoms. The highest BCUT2D eigenvalue weighted by Crippen LogP contribution is 2.18. The van der Waals surface area contributed by atoms with Crippen LogP contribution in [0.15, 0.2) is 24.3 Å². The van der Waals surface area contributed by atoms with Gasteiger partial charge >= 0.3 is 0 Å². The van der Waals surface area contributed by atoms with Crippen LogP contribution in [-0.2, 0) is 11.2 Å². The fourth-order valence-corrected chi connectivity index (χ4v) is 2.16. The molecule has 1 amide bonds. The lowest BCUT2D eigenvalue weighted by molar-refractivity contribution is -0.127. The largest absolute Gasteiger partial charge is 0.497 e. The fourth-order valence-electron chi connectivity index (χ4n) is 2.16. The third-order valence-corrected chi connectivity index (χ3v) is 3.28. The van der Waals surface area contributed by atoms with Crippen molar-refractivity contribution in [1.29, 1.82) is 0 Å². The van der Waals surface area contributed by atoms with Gasteiger partial charge in [-0.05, 0) is 24.1 Å². The highest BCUT2D eigenvalue weighted by molar-refractivity contribution is 5.79. The quantitative estimate of drug-likeness (QED) is 0.754. The van der Waals surface area contributed by atoms with Crippen molar-refractivity contribution in [1.82, 2.24) is 4.90 Å². The first-order valence-electron chi connectivity index (χ1n) is 6.09. The summed E-state index contributed by atoms with van der Waals surface area (Å²) in [6.07, 6.45) is 6.71. The number of methoxy groups -OCH3 is 1. The molecule has 1 aromatic rings.